The Labute approximate surface area is 271 Å². The van der Waals surface area contributed by atoms with E-state index in [2.05, 4.69) is 29.1 Å². The van der Waals surface area contributed by atoms with E-state index < -0.39 is 48.1 Å². The second-order valence-electron chi connectivity index (χ2n) is 12.6. The molecule has 0 spiro atoms. The van der Waals surface area contributed by atoms with Crippen molar-refractivity contribution in [2.24, 2.45) is 5.92 Å². The van der Waals surface area contributed by atoms with Crippen molar-refractivity contribution in [3.63, 3.8) is 0 Å². The van der Waals surface area contributed by atoms with Crippen LogP contribution in [-0.2, 0) is 10.7 Å². The number of carbonyl (C=O) groups is 2. The number of carboxylic acid groups (broad SMARTS) is 1. The average Bonchev–Trinajstić information content (AvgIpc) is 3.84. The Kier molecular flexibility index (Phi) is 9.27. The van der Waals surface area contributed by atoms with Gasteiger partial charge in [0.25, 0.3) is 0 Å². The van der Waals surface area contributed by atoms with Crippen molar-refractivity contribution >= 4 is 11.9 Å². The average molecular weight is 649 g/mol. The van der Waals surface area contributed by atoms with Crippen LogP contribution in [-0.4, -0.2) is 51.4 Å². The molecule has 0 radical (unpaired) electrons. The third-order valence-electron chi connectivity index (χ3n) is 9.40. The molecule has 2 aliphatic heterocycles. The molecule has 2 fully saturated rings. The lowest BCUT2D eigenvalue weighted by Gasteiger charge is -2.32. The van der Waals surface area contributed by atoms with Crippen LogP contribution < -0.4 is 10.1 Å². The molecule has 6 rings (SSSR count). The summed E-state index contributed by atoms with van der Waals surface area (Å²) >= 11 is 0. The number of aryl methyl sites for hydroxylation is 1. The van der Waals surface area contributed by atoms with E-state index in [0.29, 0.717) is 17.6 Å². The Hall–Kier alpha value is -4.38. The highest BCUT2D eigenvalue weighted by Crippen LogP contribution is 2.39. The number of nitrogens with zero attached hydrogens (tertiary/aromatic N) is 3. The molecule has 3 atom stereocenters. The largest absolute Gasteiger partial charge is 0.481 e. The fourth-order valence-electron chi connectivity index (χ4n) is 6.66. The lowest BCUT2D eigenvalue weighted by atomic mass is 9.88. The van der Waals surface area contributed by atoms with Crippen molar-refractivity contribution in [3.8, 4) is 5.75 Å². The van der Waals surface area contributed by atoms with Crippen LogP contribution in [0, 0.1) is 12.8 Å². The maximum Gasteiger partial charge on any atom is 0.339 e. The number of likely N-dealkylation sites (tertiary alicyclic amines) is 1. The van der Waals surface area contributed by atoms with Crippen molar-refractivity contribution in [1.29, 1.82) is 0 Å². The predicted octanol–water partition coefficient (Wildman–Crippen LogP) is 7.16. The fraction of sp³-hybridized carbons (Fsp3) is 0.417. The first-order valence-corrected chi connectivity index (χ1v) is 16.1. The molecule has 3 aromatic rings. The van der Waals surface area contributed by atoms with E-state index in [1.807, 2.05) is 48.2 Å². The summed E-state index contributed by atoms with van der Waals surface area (Å²) in [4.78, 5) is 26.1. The van der Waals surface area contributed by atoms with Gasteiger partial charge in [-0.25, -0.2) is 13.9 Å². The normalized spacial score (nSPS) is 21.0. The van der Waals surface area contributed by atoms with Gasteiger partial charge in [-0.3, -0.25) is 10.1 Å². The van der Waals surface area contributed by atoms with Gasteiger partial charge in [0, 0.05) is 31.0 Å². The first-order chi connectivity index (χ1) is 22.6. The van der Waals surface area contributed by atoms with Gasteiger partial charge in [-0.2, -0.15) is 13.9 Å². The van der Waals surface area contributed by atoms with Crippen LogP contribution in [0.4, 0.5) is 13.2 Å². The summed E-state index contributed by atoms with van der Waals surface area (Å²) in [6.07, 6.45) is 9.05. The number of carbonyl (C=O) groups excluding carboxylic acids is 1. The van der Waals surface area contributed by atoms with Gasteiger partial charge in [-0.05, 0) is 61.3 Å². The van der Waals surface area contributed by atoms with Crippen molar-refractivity contribution in [2.45, 2.75) is 69.2 Å². The molecule has 1 amide bonds. The number of ether oxygens (including phenoxy) is 1. The molecule has 3 aliphatic rings. The number of aromatic nitrogens is 2. The zero-order valence-corrected chi connectivity index (χ0v) is 26.2. The summed E-state index contributed by atoms with van der Waals surface area (Å²) in [5, 5.41) is 16.7. The number of hydrogen-bond donors (Lipinski definition) is 2. The number of piperidine rings is 1. The molecule has 1 saturated carbocycles. The van der Waals surface area contributed by atoms with E-state index >= 15 is 0 Å². The van der Waals surface area contributed by atoms with Crippen LogP contribution in [0.15, 0.2) is 73.5 Å². The topological polar surface area (TPSA) is 96.7 Å². The second kappa shape index (κ2) is 13.4. The molecule has 2 N–H and O–H groups in total. The monoisotopic (exact) mass is 648 g/mol. The van der Waals surface area contributed by atoms with Crippen LogP contribution in [0.3, 0.4) is 0 Å². The number of alkyl halides is 3. The molecule has 8 nitrogen and oxygen atoms in total. The SMILES string of the molecule is C=CC(Oc1c(C)cccc1C1C=CCC(n2ncc(C(=O)O)c2C(F)(F)CF)N1)c1ccc(C2CCN(C(=O)C3CC3)CC2)cc1. The molecule has 47 heavy (non-hydrogen) atoms. The van der Waals surface area contributed by atoms with E-state index in [0.717, 1.165) is 66.3 Å². The molecule has 0 bridgehead atoms. The summed E-state index contributed by atoms with van der Waals surface area (Å²) in [6, 6.07) is 13.5. The van der Waals surface area contributed by atoms with Gasteiger partial charge in [-0.1, -0.05) is 61.2 Å². The summed E-state index contributed by atoms with van der Waals surface area (Å²) in [6.45, 7) is 5.47. The molecule has 1 aromatic heterocycles. The van der Waals surface area contributed by atoms with Gasteiger partial charge in [0.2, 0.25) is 5.91 Å². The number of amides is 1. The Morgan fingerprint density at radius 1 is 1.15 bits per heavy atom. The van der Waals surface area contributed by atoms with Gasteiger partial charge >= 0.3 is 11.9 Å². The van der Waals surface area contributed by atoms with E-state index in [1.165, 1.54) is 5.56 Å². The van der Waals surface area contributed by atoms with Crippen LogP contribution in [0.25, 0.3) is 0 Å². The quantitative estimate of drug-likeness (QED) is 0.214. The molecule has 11 heteroatoms. The summed E-state index contributed by atoms with van der Waals surface area (Å²) in [7, 11) is 0. The number of aromatic carboxylic acids is 1. The van der Waals surface area contributed by atoms with Gasteiger partial charge in [0.1, 0.15) is 29.3 Å². The third kappa shape index (κ3) is 6.72. The van der Waals surface area contributed by atoms with Crippen LogP contribution in [0.2, 0.25) is 0 Å². The number of carboxylic acids is 1. The summed E-state index contributed by atoms with van der Waals surface area (Å²) < 4.78 is 50.1. The van der Waals surface area contributed by atoms with E-state index in [-0.39, 0.29) is 12.3 Å². The minimum Gasteiger partial charge on any atom is -0.481 e. The van der Waals surface area contributed by atoms with E-state index in [1.54, 1.807) is 12.2 Å². The Morgan fingerprint density at radius 2 is 1.87 bits per heavy atom. The van der Waals surface area contributed by atoms with Crippen LogP contribution >= 0.6 is 0 Å². The van der Waals surface area contributed by atoms with Gasteiger partial charge in [-0.15, -0.1) is 0 Å². The summed E-state index contributed by atoms with van der Waals surface area (Å²) in [5.41, 5.74) is 2.03. The summed E-state index contributed by atoms with van der Waals surface area (Å²) in [5.74, 6) is -4.09. The number of para-hydroxylation sites is 1. The maximum absolute atomic E-state index is 14.7. The number of halogens is 3. The van der Waals surface area contributed by atoms with Crippen molar-refractivity contribution in [3.05, 3.63) is 107 Å². The first kappa shape index (κ1) is 32.6. The minimum atomic E-state index is -4.03. The highest BCUT2D eigenvalue weighted by Gasteiger charge is 2.42. The van der Waals surface area contributed by atoms with Crippen molar-refractivity contribution in [2.75, 3.05) is 19.8 Å². The lowest BCUT2D eigenvalue weighted by molar-refractivity contribution is -0.133. The standard InChI is InChI=1S/C36H39F3N4O4/c1-3-30(25-12-10-23(11-13-25)24-16-18-42(19-17-24)34(44)26-14-15-26)47-32-22(2)6-4-7-27(32)29-8-5-9-31(41-29)43-33(36(38,39)21-37)28(20-40-43)35(45)46/h3-8,10-13,20,24,26,29-31,41H,1,9,14-19,21H2,2H3,(H,45,46). The number of rotatable bonds is 11. The van der Waals surface area contributed by atoms with Gasteiger partial charge in [0.05, 0.1) is 12.2 Å². The predicted molar refractivity (Wildman–Crippen MR) is 170 cm³/mol. The highest BCUT2D eigenvalue weighted by atomic mass is 19.3. The van der Waals surface area contributed by atoms with E-state index in [9.17, 15) is 27.9 Å². The minimum absolute atomic E-state index is 0.228. The number of benzene rings is 2. The molecule has 1 saturated heterocycles. The van der Waals surface area contributed by atoms with Gasteiger partial charge < -0.3 is 14.7 Å². The molecule has 3 heterocycles. The molecule has 3 unspecified atom stereocenters. The van der Waals surface area contributed by atoms with Crippen molar-refractivity contribution in [1.82, 2.24) is 20.0 Å². The zero-order chi connectivity index (χ0) is 33.3. The molecular weight excluding hydrogens is 609 g/mol. The molecular formula is C36H39F3N4O4. The first-order valence-electron chi connectivity index (χ1n) is 16.1. The van der Waals surface area contributed by atoms with Crippen molar-refractivity contribution < 1.29 is 32.6 Å². The van der Waals surface area contributed by atoms with Gasteiger partial charge in [0.15, 0.2) is 6.67 Å². The smallest absolute Gasteiger partial charge is 0.339 e. The highest BCUT2D eigenvalue weighted by molar-refractivity contribution is 5.89. The maximum atomic E-state index is 14.7. The second-order valence-corrected chi connectivity index (χ2v) is 12.6. The van der Waals surface area contributed by atoms with Crippen LogP contribution in [0.5, 0.6) is 5.75 Å². The Morgan fingerprint density at radius 3 is 2.51 bits per heavy atom. The van der Waals surface area contributed by atoms with E-state index in [4.69, 9.17) is 4.74 Å². The third-order valence-corrected chi connectivity index (χ3v) is 9.40. The Bertz CT molecular complexity index is 1660. The van der Waals surface area contributed by atoms with Crippen LogP contribution in [0.1, 0.15) is 94.6 Å². The zero-order valence-electron chi connectivity index (χ0n) is 26.2. The Balaban J connectivity index is 1.19. The molecule has 248 valence electrons. The molecule has 1 aliphatic carbocycles. The lowest BCUT2D eigenvalue weighted by Crippen LogP contribution is -2.38. The number of nitrogens with one attached hydrogen (secondary N) is 1. The number of hydrogen-bond acceptors (Lipinski definition) is 5. The fourth-order valence-corrected chi connectivity index (χ4v) is 6.66. The molecule has 2 aromatic carbocycles.